The highest BCUT2D eigenvalue weighted by atomic mass is 19.3. The van der Waals surface area contributed by atoms with Gasteiger partial charge in [-0.05, 0) is 49.7 Å². The number of anilines is 1. The highest BCUT2D eigenvalue weighted by Gasteiger charge is 2.13. The molecule has 1 amide bonds. The summed E-state index contributed by atoms with van der Waals surface area (Å²) >= 11 is 0. The van der Waals surface area contributed by atoms with E-state index in [9.17, 15) is 18.0 Å². The van der Waals surface area contributed by atoms with Gasteiger partial charge in [0.25, 0.3) is 5.91 Å². The zero-order valence-electron chi connectivity index (χ0n) is 13.1. The Balaban J connectivity index is 2.12. The van der Waals surface area contributed by atoms with Crippen molar-refractivity contribution in [2.45, 2.75) is 20.5 Å². The Morgan fingerprint density at radius 3 is 2.46 bits per heavy atom. The second-order valence-electron chi connectivity index (χ2n) is 4.89. The zero-order chi connectivity index (χ0) is 17.7. The number of aryl methyl sites for hydroxylation is 1. The Hall–Kier alpha value is -2.70. The fourth-order valence-corrected chi connectivity index (χ4v) is 2.08. The van der Waals surface area contributed by atoms with E-state index < -0.39 is 24.1 Å². The molecule has 2 rings (SSSR count). The standard InChI is InChI=1S/C17H16F3NO3/c1-3-23-14-6-4-11(8-10(14)2)16(22)21-12-5-7-15(13(18)9-12)24-17(19)20/h4-9,17H,3H2,1-2H3,(H,21,22). The summed E-state index contributed by atoms with van der Waals surface area (Å²) in [7, 11) is 0. The summed E-state index contributed by atoms with van der Waals surface area (Å²) in [6, 6.07) is 8.12. The SMILES string of the molecule is CCOc1ccc(C(=O)Nc2ccc(OC(F)F)c(F)c2)cc1C. The van der Waals surface area contributed by atoms with Gasteiger partial charge in [0, 0.05) is 17.3 Å². The summed E-state index contributed by atoms with van der Waals surface area (Å²) < 4.78 is 47.2. The van der Waals surface area contributed by atoms with Crippen LogP contribution in [0.25, 0.3) is 0 Å². The van der Waals surface area contributed by atoms with Crippen LogP contribution < -0.4 is 14.8 Å². The fourth-order valence-electron chi connectivity index (χ4n) is 2.08. The number of alkyl halides is 2. The van der Waals surface area contributed by atoms with Crippen molar-refractivity contribution in [3.63, 3.8) is 0 Å². The van der Waals surface area contributed by atoms with Crippen molar-refractivity contribution in [1.82, 2.24) is 0 Å². The molecule has 0 fully saturated rings. The van der Waals surface area contributed by atoms with Crippen molar-refractivity contribution in [3.8, 4) is 11.5 Å². The molecule has 0 heterocycles. The van der Waals surface area contributed by atoms with Crippen molar-refractivity contribution in [2.75, 3.05) is 11.9 Å². The number of hydrogen-bond acceptors (Lipinski definition) is 3. The van der Waals surface area contributed by atoms with E-state index in [4.69, 9.17) is 4.74 Å². The number of nitrogens with one attached hydrogen (secondary N) is 1. The lowest BCUT2D eigenvalue weighted by molar-refractivity contribution is -0.0521. The molecular formula is C17H16F3NO3. The first kappa shape index (κ1) is 17.7. The summed E-state index contributed by atoms with van der Waals surface area (Å²) in [5, 5.41) is 2.50. The maximum atomic E-state index is 13.6. The van der Waals surface area contributed by atoms with Crippen LogP contribution in [0.15, 0.2) is 36.4 Å². The largest absolute Gasteiger partial charge is 0.494 e. The van der Waals surface area contributed by atoms with E-state index in [1.807, 2.05) is 6.92 Å². The van der Waals surface area contributed by atoms with E-state index >= 15 is 0 Å². The van der Waals surface area contributed by atoms with Gasteiger partial charge in [-0.3, -0.25) is 4.79 Å². The van der Waals surface area contributed by atoms with Crippen molar-refractivity contribution >= 4 is 11.6 Å². The van der Waals surface area contributed by atoms with Gasteiger partial charge in [0.1, 0.15) is 5.75 Å². The fraction of sp³-hybridized carbons (Fsp3) is 0.235. The molecule has 0 atom stereocenters. The first-order chi connectivity index (χ1) is 11.4. The topological polar surface area (TPSA) is 47.6 Å². The summed E-state index contributed by atoms with van der Waals surface area (Å²) in [5.74, 6) is -1.35. The third-order valence-electron chi connectivity index (χ3n) is 3.14. The monoisotopic (exact) mass is 339 g/mol. The lowest BCUT2D eigenvalue weighted by atomic mass is 10.1. The van der Waals surface area contributed by atoms with E-state index in [0.717, 1.165) is 17.7 Å². The van der Waals surface area contributed by atoms with E-state index in [-0.39, 0.29) is 5.69 Å². The smallest absolute Gasteiger partial charge is 0.387 e. The first-order valence-corrected chi connectivity index (χ1v) is 7.20. The Labute approximate surface area is 137 Å². The second-order valence-corrected chi connectivity index (χ2v) is 4.89. The van der Waals surface area contributed by atoms with Crippen LogP contribution in [-0.4, -0.2) is 19.1 Å². The number of hydrogen-bond donors (Lipinski definition) is 1. The highest BCUT2D eigenvalue weighted by Crippen LogP contribution is 2.24. The van der Waals surface area contributed by atoms with Crippen LogP contribution in [0.4, 0.5) is 18.9 Å². The maximum absolute atomic E-state index is 13.6. The molecule has 0 aliphatic heterocycles. The molecule has 0 saturated carbocycles. The van der Waals surface area contributed by atoms with Gasteiger partial charge in [0.05, 0.1) is 6.61 Å². The van der Waals surface area contributed by atoms with Gasteiger partial charge in [-0.1, -0.05) is 0 Å². The van der Waals surface area contributed by atoms with Gasteiger partial charge in [0.15, 0.2) is 11.6 Å². The normalized spacial score (nSPS) is 10.6. The van der Waals surface area contributed by atoms with Crippen molar-refractivity contribution in [1.29, 1.82) is 0 Å². The quantitative estimate of drug-likeness (QED) is 0.849. The van der Waals surface area contributed by atoms with E-state index in [1.165, 1.54) is 6.07 Å². The van der Waals surface area contributed by atoms with Gasteiger partial charge >= 0.3 is 6.61 Å². The molecule has 24 heavy (non-hydrogen) atoms. The van der Waals surface area contributed by atoms with Gasteiger partial charge in [-0.25, -0.2) is 4.39 Å². The van der Waals surface area contributed by atoms with Gasteiger partial charge < -0.3 is 14.8 Å². The van der Waals surface area contributed by atoms with Crippen LogP contribution in [0.2, 0.25) is 0 Å². The molecule has 0 spiro atoms. The van der Waals surface area contributed by atoms with Crippen LogP contribution in [0.1, 0.15) is 22.8 Å². The molecular weight excluding hydrogens is 323 g/mol. The van der Waals surface area contributed by atoms with Crippen LogP contribution in [0, 0.1) is 12.7 Å². The predicted molar refractivity (Wildman–Crippen MR) is 83.3 cm³/mol. The molecule has 2 aromatic rings. The summed E-state index contributed by atoms with van der Waals surface area (Å²) in [4.78, 5) is 12.2. The average Bonchev–Trinajstić information content (AvgIpc) is 2.51. The lowest BCUT2D eigenvalue weighted by Gasteiger charge is -2.11. The minimum absolute atomic E-state index is 0.130. The summed E-state index contributed by atoms with van der Waals surface area (Å²) in [6.45, 7) is 1.05. The molecule has 0 aliphatic carbocycles. The number of rotatable bonds is 6. The predicted octanol–water partition coefficient (Wildman–Crippen LogP) is 4.39. The van der Waals surface area contributed by atoms with E-state index in [1.54, 1.807) is 25.1 Å². The number of carbonyl (C=O) groups is 1. The second kappa shape index (κ2) is 7.72. The molecule has 7 heteroatoms. The molecule has 4 nitrogen and oxygen atoms in total. The molecule has 0 aliphatic rings. The first-order valence-electron chi connectivity index (χ1n) is 7.20. The number of carbonyl (C=O) groups excluding carboxylic acids is 1. The van der Waals surface area contributed by atoms with Crippen molar-refractivity contribution in [3.05, 3.63) is 53.3 Å². The van der Waals surface area contributed by atoms with Gasteiger partial charge in [0.2, 0.25) is 0 Å². The van der Waals surface area contributed by atoms with Crippen LogP contribution >= 0.6 is 0 Å². The van der Waals surface area contributed by atoms with Crippen LogP contribution in [-0.2, 0) is 0 Å². The summed E-state index contributed by atoms with van der Waals surface area (Å²) in [6.07, 6.45) is 0. The minimum Gasteiger partial charge on any atom is -0.494 e. The Bertz CT molecular complexity index is 735. The molecule has 0 bridgehead atoms. The van der Waals surface area contributed by atoms with E-state index in [2.05, 4.69) is 10.1 Å². The molecule has 0 saturated heterocycles. The minimum atomic E-state index is -3.12. The van der Waals surface area contributed by atoms with Gasteiger partial charge in [-0.2, -0.15) is 8.78 Å². The maximum Gasteiger partial charge on any atom is 0.387 e. The van der Waals surface area contributed by atoms with Crippen LogP contribution in [0.5, 0.6) is 11.5 Å². The third kappa shape index (κ3) is 4.41. The highest BCUT2D eigenvalue weighted by molar-refractivity contribution is 6.04. The van der Waals surface area contributed by atoms with Crippen molar-refractivity contribution < 1.29 is 27.4 Å². The van der Waals surface area contributed by atoms with Crippen LogP contribution in [0.3, 0.4) is 0 Å². The Kier molecular flexibility index (Phi) is 5.68. The molecule has 2 aromatic carbocycles. The molecule has 0 radical (unpaired) electrons. The molecule has 1 N–H and O–H groups in total. The number of benzene rings is 2. The molecule has 128 valence electrons. The van der Waals surface area contributed by atoms with Gasteiger partial charge in [-0.15, -0.1) is 0 Å². The average molecular weight is 339 g/mol. The lowest BCUT2D eigenvalue weighted by Crippen LogP contribution is -2.12. The summed E-state index contributed by atoms with van der Waals surface area (Å²) in [5.41, 5.74) is 1.28. The Morgan fingerprint density at radius 2 is 1.88 bits per heavy atom. The number of ether oxygens (including phenoxy) is 2. The number of amides is 1. The Morgan fingerprint density at radius 1 is 1.17 bits per heavy atom. The molecule has 0 aromatic heterocycles. The number of halogens is 3. The zero-order valence-corrected chi connectivity index (χ0v) is 13.1. The van der Waals surface area contributed by atoms with Crippen molar-refractivity contribution in [2.24, 2.45) is 0 Å². The molecule has 0 unspecified atom stereocenters. The third-order valence-corrected chi connectivity index (χ3v) is 3.14. The van der Waals surface area contributed by atoms with E-state index in [0.29, 0.717) is 17.9 Å².